The van der Waals surface area contributed by atoms with Gasteiger partial charge in [-0.2, -0.15) is 0 Å². The Hall–Kier alpha value is -2.10. The number of ether oxygens (including phenoxy) is 1. The van der Waals surface area contributed by atoms with Crippen LogP contribution in [0.3, 0.4) is 0 Å². The van der Waals surface area contributed by atoms with Crippen LogP contribution in [0.5, 0.6) is 0 Å². The van der Waals surface area contributed by atoms with Gasteiger partial charge in [0.2, 0.25) is 5.82 Å². The molecule has 0 radical (unpaired) electrons. The lowest BCUT2D eigenvalue weighted by molar-refractivity contribution is -0.896. The van der Waals surface area contributed by atoms with E-state index >= 15 is 0 Å². The number of nitrogens with zero attached hydrogens (tertiary/aromatic N) is 4. The third-order valence-corrected chi connectivity index (χ3v) is 6.72. The van der Waals surface area contributed by atoms with Gasteiger partial charge < -0.3 is 15.0 Å². The van der Waals surface area contributed by atoms with E-state index in [0.29, 0.717) is 18.8 Å². The number of carbonyl (C=O) groups is 1. The normalized spacial score (nSPS) is 15.9. The van der Waals surface area contributed by atoms with E-state index in [-0.39, 0.29) is 17.3 Å². The number of hydrogen-bond acceptors (Lipinski definition) is 6. The van der Waals surface area contributed by atoms with Crippen molar-refractivity contribution in [3.63, 3.8) is 0 Å². The molecule has 0 saturated heterocycles. The minimum absolute atomic E-state index is 0.195. The van der Waals surface area contributed by atoms with Gasteiger partial charge in [-0.05, 0) is 33.3 Å². The average Bonchev–Trinajstić information content (AvgIpc) is 3.28. The Kier molecular flexibility index (Phi) is 5.54. The molecule has 0 atom stereocenters. The second kappa shape index (κ2) is 7.97. The molecule has 156 valence electrons. The predicted molar refractivity (Wildman–Crippen MR) is 113 cm³/mol. The van der Waals surface area contributed by atoms with E-state index in [0.717, 1.165) is 42.7 Å². The summed E-state index contributed by atoms with van der Waals surface area (Å²) in [5, 5.41) is 8.33. The van der Waals surface area contributed by atoms with Gasteiger partial charge in [0.15, 0.2) is 5.65 Å². The van der Waals surface area contributed by atoms with Gasteiger partial charge in [0.25, 0.3) is 5.91 Å². The molecule has 29 heavy (non-hydrogen) atoms. The average molecular weight is 418 g/mol. The van der Waals surface area contributed by atoms with Crippen molar-refractivity contribution in [2.24, 2.45) is 0 Å². The van der Waals surface area contributed by atoms with Crippen LogP contribution in [0.2, 0.25) is 0 Å². The topological polar surface area (TPSA) is 85.9 Å². The first kappa shape index (κ1) is 20.2. The molecule has 1 amide bonds. The summed E-state index contributed by atoms with van der Waals surface area (Å²) < 4.78 is 7.56. The summed E-state index contributed by atoms with van der Waals surface area (Å²) in [4.78, 5) is 25.3. The third kappa shape index (κ3) is 3.99. The van der Waals surface area contributed by atoms with Gasteiger partial charge in [-0.15, -0.1) is 16.4 Å². The van der Waals surface area contributed by atoms with Crippen molar-refractivity contribution < 1.29 is 14.4 Å². The molecule has 0 spiro atoms. The first-order valence-electron chi connectivity index (χ1n) is 10.3. The molecule has 3 aromatic rings. The van der Waals surface area contributed by atoms with E-state index in [4.69, 9.17) is 4.74 Å². The van der Waals surface area contributed by atoms with Crippen LogP contribution < -0.4 is 10.2 Å². The summed E-state index contributed by atoms with van der Waals surface area (Å²) >= 11 is 1.64. The van der Waals surface area contributed by atoms with E-state index in [1.54, 1.807) is 22.2 Å². The number of quaternary nitrogens is 1. The molecular weight excluding hydrogens is 388 g/mol. The smallest absolute Gasteiger partial charge is 0.290 e. The third-order valence-electron chi connectivity index (χ3n) is 5.60. The Morgan fingerprint density at radius 3 is 2.93 bits per heavy atom. The van der Waals surface area contributed by atoms with E-state index in [1.807, 2.05) is 0 Å². The molecule has 0 saturated carbocycles. The molecule has 0 bridgehead atoms. The van der Waals surface area contributed by atoms with Crippen molar-refractivity contribution in [1.82, 2.24) is 24.9 Å². The van der Waals surface area contributed by atoms with E-state index in [2.05, 4.69) is 48.1 Å². The Bertz CT molecular complexity index is 1040. The van der Waals surface area contributed by atoms with Crippen molar-refractivity contribution in [3.05, 3.63) is 22.6 Å². The highest BCUT2D eigenvalue weighted by atomic mass is 32.1. The summed E-state index contributed by atoms with van der Waals surface area (Å²) in [6.07, 6.45) is 3.37. The zero-order valence-electron chi connectivity index (χ0n) is 17.5. The molecule has 0 aromatic carbocycles. The van der Waals surface area contributed by atoms with Gasteiger partial charge in [-0.25, -0.2) is 14.5 Å². The van der Waals surface area contributed by atoms with Crippen molar-refractivity contribution in [1.29, 1.82) is 0 Å². The molecular formula is C20H29N6O2S+. The van der Waals surface area contributed by atoms with Crippen LogP contribution in [-0.4, -0.2) is 57.3 Å². The van der Waals surface area contributed by atoms with E-state index in [9.17, 15) is 4.79 Å². The van der Waals surface area contributed by atoms with Crippen molar-refractivity contribution in [3.8, 4) is 0 Å². The molecule has 3 aromatic heterocycles. The lowest BCUT2D eigenvalue weighted by atomic mass is 9.94. The van der Waals surface area contributed by atoms with Gasteiger partial charge in [0, 0.05) is 24.3 Å². The van der Waals surface area contributed by atoms with Crippen molar-refractivity contribution in [2.45, 2.75) is 52.7 Å². The second-order valence-electron chi connectivity index (χ2n) is 8.17. The maximum Gasteiger partial charge on any atom is 0.290 e. The Morgan fingerprint density at radius 2 is 2.17 bits per heavy atom. The highest BCUT2D eigenvalue weighted by molar-refractivity contribution is 7.19. The number of thiophene rings is 1. The summed E-state index contributed by atoms with van der Waals surface area (Å²) in [5.41, 5.74) is 1.70. The molecule has 4 heterocycles. The van der Waals surface area contributed by atoms with Gasteiger partial charge in [0.05, 0.1) is 37.2 Å². The SMILES string of the molecule is CC[NH+](CC)CCCNC(=O)c1nc2c3c4c(sc3ncn2n1)COC(C)(C)C4. The summed E-state index contributed by atoms with van der Waals surface area (Å²) in [6, 6.07) is 0. The Labute approximate surface area is 174 Å². The highest BCUT2D eigenvalue weighted by Crippen LogP contribution is 2.39. The zero-order valence-corrected chi connectivity index (χ0v) is 18.4. The van der Waals surface area contributed by atoms with Gasteiger partial charge in [-0.3, -0.25) is 4.79 Å². The number of aromatic nitrogens is 4. The van der Waals surface area contributed by atoms with Crippen molar-refractivity contribution >= 4 is 33.1 Å². The van der Waals surface area contributed by atoms with Crippen LogP contribution >= 0.6 is 11.3 Å². The minimum Gasteiger partial charge on any atom is -0.370 e. The predicted octanol–water partition coefficient (Wildman–Crippen LogP) is 1.23. The zero-order chi connectivity index (χ0) is 20.6. The Balaban J connectivity index is 1.55. The van der Waals surface area contributed by atoms with Crippen LogP contribution in [0.25, 0.3) is 15.9 Å². The van der Waals surface area contributed by atoms with Crippen molar-refractivity contribution in [2.75, 3.05) is 26.2 Å². The molecule has 0 aliphatic carbocycles. The standard InChI is InChI=1S/C20H28N6O2S/c1-5-25(6-2)9-7-8-21-18(27)16-23-17-15-13-10-20(3,4)28-11-14(13)29-19(15)22-12-26(17)24-16/h12H,5-11H2,1-4H3,(H,21,27)/p+1. The fourth-order valence-corrected chi connectivity index (χ4v) is 4.93. The van der Waals surface area contributed by atoms with E-state index < -0.39 is 0 Å². The fraction of sp³-hybridized carbons (Fsp3) is 0.600. The van der Waals surface area contributed by atoms with Crippen LogP contribution in [0, 0.1) is 0 Å². The highest BCUT2D eigenvalue weighted by Gasteiger charge is 2.31. The van der Waals surface area contributed by atoms with Gasteiger partial charge >= 0.3 is 0 Å². The Morgan fingerprint density at radius 1 is 1.38 bits per heavy atom. The lowest BCUT2D eigenvalue weighted by Gasteiger charge is -2.30. The van der Waals surface area contributed by atoms with Crippen LogP contribution in [0.4, 0.5) is 0 Å². The van der Waals surface area contributed by atoms with Gasteiger partial charge in [-0.1, -0.05) is 0 Å². The quantitative estimate of drug-likeness (QED) is 0.565. The molecule has 2 N–H and O–H groups in total. The van der Waals surface area contributed by atoms with Gasteiger partial charge in [0.1, 0.15) is 11.2 Å². The number of amides is 1. The molecule has 0 fully saturated rings. The number of hydrogen-bond donors (Lipinski definition) is 2. The second-order valence-corrected chi connectivity index (χ2v) is 9.26. The van der Waals surface area contributed by atoms with Crippen LogP contribution in [0.15, 0.2) is 6.33 Å². The fourth-order valence-electron chi connectivity index (χ4n) is 3.86. The van der Waals surface area contributed by atoms with Crippen LogP contribution in [0.1, 0.15) is 55.2 Å². The minimum atomic E-state index is -0.232. The monoisotopic (exact) mass is 417 g/mol. The molecule has 1 aliphatic rings. The number of rotatable bonds is 7. The summed E-state index contributed by atoms with van der Waals surface area (Å²) in [6.45, 7) is 13.0. The van der Waals surface area contributed by atoms with Crippen LogP contribution in [-0.2, 0) is 17.8 Å². The lowest BCUT2D eigenvalue weighted by Crippen LogP contribution is -3.11. The molecule has 4 rings (SSSR count). The summed E-state index contributed by atoms with van der Waals surface area (Å²) in [7, 11) is 0. The maximum atomic E-state index is 12.6. The summed E-state index contributed by atoms with van der Waals surface area (Å²) in [5.74, 6) is -0.0371. The maximum absolute atomic E-state index is 12.6. The first-order chi connectivity index (χ1) is 13.9. The number of fused-ring (bicyclic) bond motifs is 5. The number of carbonyl (C=O) groups excluding carboxylic acids is 1. The molecule has 0 unspecified atom stereocenters. The largest absolute Gasteiger partial charge is 0.370 e. The molecule has 9 heteroatoms. The number of nitrogens with one attached hydrogen (secondary N) is 2. The molecule has 8 nitrogen and oxygen atoms in total. The first-order valence-corrected chi connectivity index (χ1v) is 11.1. The van der Waals surface area contributed by atoms with E-state index in [1.165, 1.54) is 15.3 Å². The molecule has 1 aliphatic heterocycles.